The predicted octanol–water partition coefficient (Wildman–Crippen LogP) is 4.89. The van der Waals surface area contributed by atoms with Crippen LogP contribution in [0.3, 0.4) is 0 Å². The summed E-state index contributed by atoms with van der Waals surface area (Å²) in [5, 5.41) is 3.45. The summed E-state index contributed by atoms with van der Waals surface area (Å²) in [4.78, 5) is 1.26. The Kier molecular flexibility index (Phi) is 5.83. The lowest BCUT2D eigenvalue weighted by molar-refractivity contribution is 0.587. The van der Waals surface area contributed by atoms with Crippen LogP contribution in [-0.2, 0) is 0 Å². The van der Waals surface area contributed by atoms with E-state index in [1.54, 1.807) is 23.9 Å². The van der Waals surface area contributed by atoms with Gasteiger partial charge in [0.05, 0.1) is 0 Å². The van der Waals surface area contributed by atoms with E-state index >= 15 is 0 Å². The zero-order chi connectivity index (χ0) is 15.2. The second-order valence-electron chi connectivity index (χ2n) is 5.30. The molecule has 0 amide bonds. The lowest BCUT2D eigenvalue weighted by atomic mass is 10.1. The largest absolute Gasteiger partial charge is 0.309 e. The van der Waals surface area contributed by atoms with Crippen molar-refractivity contribution in [2.24, 2.45) is 0 Å². The molecule has 0 saturated carbocycles. The minimum absolute atomic E-state index is 0.159. The number of aryl methyl sites for hydroxylation is 2. The molecule has 0 aliphatic carbocycles. The smallest absolute Gasteiger partial charge is 0.123 e. The van der Waals surface area contributed by atoms with Gasteiger partial charge in [-0.15, -0.1) is 11.8 Å². The fourth-order valence-electron chi connectivity index (χ4n) is 2.37. The Labute approximate surface area is 131 Å². The van der Waals surface area contributed by atoms with Gasteiger partial charge in [-0.05, 0) is 55.8 Å². The van der Waals surface area contributed by atoms with Crippen molar-refractivity contribution in [3.63, 3.8) is 0 Å². The molecule has 0 spiro atoms. The lowest BCUT2D eigenvalue weighted by Crippen LogP contribution is -2.23. The van der Waals surface area contributed by atoms with Crippen LogP contribution in [0.4, 0.5) is 4.39 Å². The molecule has 1 nitrogen and oxygen atoms in total. The average Bonchev–Trinajstić information content (AvgIpc) is 2.42. The first kappa shape index (κ1) is 16.1. The van der Waals surface area contributed by atoms with Crippen LogP contribution < -0.4 is 5.32 Å². The van der Waals surface area contributed by atoms with Crippen LogP contribution in [0.15, 0.2) is 47.4 Å². The van der Waals surface area contributed by atoms with E-state index in [1.807, 2.05) is 6.92 Å². The quantitative estimate of drug-likeness (QED) is 0.763. The van der Waals surface area contributed by atoms with Crippen molar-refractivity contribution >= 4 is 11.8 Å². The monoisotopic (exact) mass is 303 g/mol. The second kappa shape index (κ2) is 7.62. The molecule has 1 N–H and O–H groups in total. The molecule has 1 atom stereocenters. The van der Waals surface area contributed by atoms with Crippen LogP contribution in [0.25, 0.3) is 0 Å². The Morgan fingerprint density at radius 1 is 1.10 bits per heavy atom. The molecule has 112 valence electrons. The second-order valence-corrected chi connectivity index (χ2v) is 6.39. The van der Waals surface area contributed by atoms with Crippen LogP contribution in [-0.4, -0.2) is 12.3 Å². The minimum Gasteiger partial charge on any atom is -0.309 e. The molecule has 0 aliphatic rings. The summed E-state index contributed by atoms with van der Waals surface area (Å²) in [6, 6.07) is 13.9. The fourth-order valence-corrected chi connectivity index (χ4v) is 3.48. The minimum atomic E-state index is -0.159. The number of benzene rings is 2. The highest BCUT2D eigenvalue weighted by atomic mass is 32.2. The summed E-state index contributed by atoms with van der Waals surface area (Å²) in [7, 11) is 0. The highest BCUT2D eigenvalue weighted by Crippen LogP contribution is 2.26. The molecule has 3 heteroatoms. The first-order valence-corrected chi connectivity index (χ1v) is 8.27. The van der Waals surface area contributed by atoms with Crippen LogP contribution in [0.2, 0.25) is 0 Å². The van der Waals surface area contributed by atoms with E-state index < -0.39 is 0 Å². The standard InChI is InChI=1S/C18H22FNS/c1-4-20-18(15-8-14(3)9-16(19)11-15)12-21-17-7-5-6-13(2)10-17/h5-11,18,20H,4,12H2,1-3H3. The maximum absolute atomic E-state index is 13.6. The van der Waals surface area contributed by atoms with Crippen molar-refractivity contribution in [3.8, 4) is 0 Å². The lowest BCUT2D eigenvalue weighted by Gasteiger charge is -2.19. The number of hydrogen-bond donors (Lipinski definition) is 1. The van der Waals surface area contributed by atoms with Gasteiger partial charge >= 0.3 is 0 Å². The third kappa shape index (κ3) is 4.87. The first-order chi connectivity index (χ1) is 10.1. The molecule has 0 bridgehead atoms. The summed E-state index contributed by atoms with van der Waals surface area (Å²) in [5.41, 5.74) is 3.25. The highest BCUT2D eigenvalue weighted by Gasteiger charge is 2.12. The molecule has 0 aliphatic heterocycles. The van der Waals surface area contributed by atoms with Gasteiger partial charge in [-0.2, -0.15) is 0 Å². The van der Waals surface area contributed by atoms with Crippen LogP contribution in [0.1, 0.15) is 29.7 Å². The van der Waals surface area contributed by atoms with Crippen LogP contribution in [0, 0.1) is 19.7 Å². The summed E-state index contributed by atoms with van der Waals surface area (Å²) < 4.78 is 13.6. The average molecular weight is 303 g/mol. The zero-order valence-corrected chi connectivity index (χ0v) is 13.6. The van der Waals surface area contributed by atoms with E-state index in [-0.39, 0.29) is 11.9 Å². The number of halogens is 1. The summed E-state index contributed by atoms with van der Waals surface area (Å²) in [5.74, 6) is 0.730. The Hall–Kier alpha value is -1.32. The molecule has 0 heterocycles. The predicted molar refractivity (Wildman–Crippen MR) is 89.5 cm³/mol. The van der Waals surface area contributed by atoms with Crippen molar-refractivity contribution in [1.29, 1.82) is 0 Å². The van der Waals surface area contributed by atoms with Gasteiger partial charge in [0, 0.05) is 16.7 Å². The maximum Gasteiger partial charge on any atom is 0.123 e. The van der Waals surface area contributed by atoms with E-state index in [0.29, 0.717) is 0 Å². The van der Waals surface area contributed by atoms with E-state index in [1.165, 1.54) is 10.5 Å². The van der Waals surface area contributed by atoms with Gasteiger partial charge in [0.15, 0.2) is 0 Å². The third-order valence-corrected chi connectivity index (χ3v) is 4.41. The normalized spacial score (nSPS) is 12.4. The highest BCUT2D eigenvalue weighted by molar-refractivity contribution is 7.99. The molecule has 0 saturated heterocycles. The van der Waals surface area contributed by atoms with Crippen molar-refractivity contribution in [1.82, 2.24) is 5.32 Å². The molecule has 0 fully saturated rings. The molecule has 21 heavy (non-hydrogen) atoms. The van der Waals surface area contributed by atoms with E-state index in [0.717, 1.165) is 23.4 Å². The number of nitrogens with one attached hydrogen (secondary N) is 1. The Balaban J connectivity index is 2.11. The molecular weight excluding hydrogens is 281 g/mol. The molecule has 2 aromatic rings. The molecule has 2 aromatic carbocycles. The van der Waals surface area contributed by atoms with Gasteiger partial charge in [0.25, 0.3) is 0 Å². The van der Waals surface area contributed by atoms with Gasteiger partial charge in [-0.1, -0.05) is 30.7 Å². The van der Waals surface area contributed by atoms with Crippen molar-refractivity contribution in [2.45, 2.75) is 31.7 Å². The van der Waals surface area contributed by atoms with E-state index in [9.17, 15) is 4.39 Å². The summed E-state index contributed by atoms with van der Waals surface area (Å²) in [6.07, 6.45) is 0. The third-order valence-electron chi connectivity index (χ3n) is 3.32. The Bertz CT molecular complexity index is 577. The molecule has 0 radical (unpaired) electrons. The van der Waals surface area contributed by atoms with Crippen LogP contribution >= 0.6 is 11.8 Å². The van der Waals surface area contributed by atoms with Gasteiger partial charge in [0.1, 0.15) is 5.82 Å². The van der Waals surface area contributed by atoms with Gasteiger partial charge < -0.3 is 5.32 Å². The van der Waals surface area contributed by atoms with Gasteiger partial charge in [-0.3, -0.25) is 0 Å². The number of rotatable bonds is 6. The maximum atomic E-state index is 13.6. The molecule has 1 unspecified atom stereocenters. The Morgan fingerprint density at radius 3 is 2.57 bits per heavy atom. The van der Waals surface area contributed by atoms with Crippen LogP contribution in [0.5, 0.6) is 0 Å². The van der Waals surface area contributed by atoms with Gasteiger partial charge in [-0.25, -0.2) is 4.39 Å². The molecule has 2 rings (SSSR count). The SMILES string of the molecule is CCNC(CSc1cccc(C)c1)c1cc(C)cc(F)c1. The zero-order valence-electron chi connectivity index (χ0n) is 12.8. The number of thioether (sulfide) groups is 1. The van der Waals surface area contributed by atoms with Crippen molar-refractivity contribution in [3.05, 3.63) is 65.0 Å². The Morgan fingerprint density at radius 2 is 1.90 bits per heavy atom. The van der Waals surface area contributed by atoms with E-state index in [4.69, 9.17) is 0 Å². The van der Waals surface area contributed by atoms with E-state index in [2.05, 4.69) is 49.5 Å². The fraction of sp³-hybridized carbons (Fsp3) is 0.333. The molecular formula is C18H22FNS. The summed E-state index contributed by atoms with van der Waals surface area (Å²) >= 11 is 1.80. The van der Waals surface area contributed by atoms with Gasteiger partial charge in [0.2, 0.25) is 0 Å². The summed E-state index contributed by atoms with van der Waals surface area (Å²) in [6.45, 7) is 6.98. The topological polar surface area (TPSA) is 12.0 Å². The molecule has 0 aromatic heterocycles. The van der Waals surface area contributed by atoms with Crippen molar-refractivity contribution < 1.29 is 4.39 Å². The van der Waals surface area contributed by atoms with Crippen molar-refractivity contribution in [2.75, 3.05) is 12.3 Å². The first-order valence-electron chi connectivity index (χ1n) is 7.28. The number of hydrogen-bond acceptors (Lipinski definition) is 2.